The number of morpholine rings is 1. The minimum absolute atomic E-state index is 0.0663. The Kier molecular flexibility index (Phi) is 6.14. The Labute approximate surface area is 149 Å². The minimum Gasteiger partial charge on any atom is -0.379 e. The molecular formula is C20H25N3O2. The summed E-state index contributed by atoms with van der Waals surface area (Å²) in [7, 11) is 0. The summed E-state index contributed by atoms with van der Waals surface area (Å²) in [5.41, 5.74) is 3.33. The predicted octanol–water partition coefficient (Wildman–Crippen LogP) is 2.32. The smallest absolute Gasteiger partial charge is 0.222 e. The maximum absolute atomic E-state index is 12.6. The molecule has 1 aromatic carbocycles. The molecule has 1 N–H and O–H groups in total. The number of pyridine rings is 1. The molecule has 0 spiro atoms. The van der Waals surface area contributed by atoms with Crippen molar-refractivity contribution in [3.63, 3.8) is 0 Å². The van der Waals surface area contributed by atoms with E-state index in [-0.39, 0.29) is 11.9 Å². The average Bonchev–Trinajstić information content (AvgIpc) is 2.67. The van der Waals surface area contributed by atoms with Gasteiger partial charge >= 0.3 is 0 Å². The first-order valence-electron chi connectivity index (χ1n) is 8.79. The first kappa shape index (κ1) is 17.6. The van der Waals surface area contributed by atoms with Crippen LogP contribution in [0.25, 0.3) is 0 Å². The number of aromatic nitrogens is 1. The molecule has 0 radical (unpaired) electrons. The van der Waals surface area contributed by atoms with Gasteiger partial charge in [0, 0.05) is 38.4 Å². The Morgan fingerprint density at radius 3 is 2.64 bits per heavy atom. The van der Waals surface area contributed by atoms with Gasteiger partial charge in [0.1, 0.15) is 0 Å². The zero-order valence-corrected chi connectivity index (χ0v) is 14.6. The first-order valence-corrected chi connectivity index (χ1v) is 8.79. The van der Waals surface area contributed by atoms with Crippen LogP contribution in [0.5, 0.6) is 0 Å². The minimum atomic E-state index is -0.151. The van der Waals surface area contributed by atoms with E-state index in [0.29, 0.717) is 6.42 Å². The third kappa shape index (κ3) is 4.87. The summed E-state index contributed by atoms with van der Waals surface area (Å²) in [6.07, 6.45) is 4.02. The lowest BCUT2D eigenvalue weighted by Crippen LogP contribution is -2.39. The molecule has 1 fully saturated rings. The number of carbonyl (C=O) groups is 1. The molecule has 0 aliphatic carbocycles. The van der Waals surface area contributed by atoms with Crippen molar-refractivity contribution in [3.8, 4) is 0 Å². The van der Waals surface area contributed by atoms with Crippen molar-refractivity contribution in [2.24, 2.45) is 0 Å². The molecule has 1 amide bonds. The van der Waals surface area contributed by atoms with E-state index in [2.05, 4.69) is 34.3 Å². The van der Waals surface area contributed by atoms with Crippen molar-refractivity contribution >= 4 is 5.91 Å². The van der Waals surface area contributed by atoms with E-state index >= 15 is 0 Å². The normalized spacial score (nSPS) is 16.4. The molecule has 5 heteroatoms. The highest BCUT2D eigenvalue weighted by molar-refractivity contribution is 5.77. The number of amides is 1. The van der Waals surface area contributed by atoms with Gasteiger partial charge < -0.3 is 10.1 Å². The molecule has 1 aliphatic rings. The fourth-order valence-corrected chi connectivity index (χ4v) is 3.12. The van der Waals surface area contributed by atoms with Crippen LogP contribution in [0.1, 0.15) is 29.2 Å². The fraction of sp³-hybridized carbons (Fsp3) is 0.400. The van der Waals surface area contributed by atoms with Crippen LogP contribution in [0.2, 0.25) is 0 Å². The molecule has 25 heavy (non-hydrogen) atoms. The van der Waals surface area contributed by atoms with Gasteiger partial charge in [0.2, 0.25) is 5.91 Å². The monoisotopic (exact) mass is 339 g/mol. The molecule has 2 heterocycles. The molecule has 5 nitrogen and oxygen atoms in total. The number of nitrogens with one attached hydrogen (secondary N) is 1. The van der Waals surface area contributed by atoms with Gasteiger partial charge in [-0.15, -0.1) is 0 Å². The van der Waals surface area contributed by atoms with Crippen molar-refractivity contribution in [1.82, 2.24) is 15.2 Å². The van der Waals surface area contributed by atoms with Gasteiger partial charge in [0.15, 0.2) is 0 Å². The number of ether oxygens (including phenoxy) is 1. The number of nitrogens with zero attached hydrogens (tertiary/aromatic N) is 2. The van der Waals surface area contributed by atoms with Gasteiger partial charge in [-0.2, -0.15) is 0 Å². The number of benzene rings is 1. The number of hydrogen-bond acceptors (Lipinski definition) is 4. The van der Waals surface area contributed by atoms with E-state index in [1.807, 2.05) is 24.3 Å². The summed E-state index contributed by atoms with van der Waals surface area (Å²) in [6.45, 7) is 6.15. The zero-order valence-electron chi connectivity index (χ0n) is 14.6. The lowest BCUT2D eigenvalue weighted by Gasteiger charge is -2.27. The highest BCUT2D eigenvalue weighted by Crippen LogP contribution is 2.24. The molecule has 132 valence electrons. The Balaban J connectivity index is 1.69. The highest BCUT2D eigenvalue weighted by Gasteiger charge is 2.19. The van der Waals surface area contributed by atoms with Crippen molar-refractivity contribution in [3.05, 3.63) is 65.5 Å². The molecule has 1 saturated heterocycles. The van der Waals surface area contributed by atoms with E-state index in [1.165, 1.54) is 0 Å². The molecule has 1 atom stereocenters. The summed E-state index contributed by atoms with van der Waals surface area (Å²) in [6, 6.07) is 11.9. The molecule has 1 aliphatic heterocycles. The average molecular weight is 339 g/mol. The lowest BCUT2D eigenvalue weighted by atomic mass is 9.95. The summed E-state index contributed by atoms with van der Waals surface area (Å²) < 4.78 is 5.35. The van der Waals surface area contributed by atoms with Crippen LogP contribution in [0.15, 0.2) is 48.8 Å². The first-order chi connectivity index (χ1) is 12.2. The SMILES string of the molecule is Cc1ccccc1C(NC(=O)CCN1CCOCC1)c1ccncc1. The van der Waals surface area contributed by atoms with E-state index in [0.717, 1.165) is 49.5 Å². The second kappa shape index (κ2) is 8.74. The third-order valence-electron chi connectivity index (χ3n) is 4.60. The Bertz CT molecular complexity index is 684. The van der Waals surface area contributed by atoms with Crippen LogP contribution in [0.4, 0.5) is 0 Å². The third-order valence-corrected chi connectivity index (χ3v) is 4.60. The van der Waals surface area contributed by atoms with Gasteiger partial charge in [-0.3, -0.25) is 14.7 Å². The molecule has 0 saturated carbocycles. The standard InChI is InChI=1S/C20H25N3O2/c1-16-4-2-3-5-18(16)20(17-6-9-21-10-7-17)22-19(24)8-11-23-12-14-25-15-13-23/h2-7,9-10,20H,8,11-15H2,1H3,(H,22,24). The topological polar surface area (TPSA) is 54.5 Å². The zero-order chi connectivity index (χ0) is 17.5. The second-order valence-electron chi connectivity index (χ2n) is 6.34. The highest BCUT2D eigenvalue weighted by atomic mass is 16.5. The summed E-state index contributed by atoms with van der Waals surface area (Å²) in [4.78, 5) is 18.9. The molecule has 0 bridgehead atoms. The second-order valence-corrected chi connectivity index (χ2v) is 6.34. The lowest BCUT2D eigenvalue weighted by molar-refractivity contribution is -0.122. The van der Waals surface area contributed by atoms with Gasteiger partial charge in [0.25, 0.3) is 0 Å². The Morgan fingerprint density at radius 2 is 1.92 bits per heavy atom. The van der Waals surface area contributed by atoms with E-state index in [4.69, 9.17) is 4.74 Å². The van der Waals surface area contributed by atoms with Crippen LogP contribution in [0.3, 0.4) is 0 Å². The van der Waals surface area contributed by atoms with Gasteiger partial charge in [-0.05, 0) is 35.7 Å². The van der Waals surface area contributed by atoms with Crippen molar-refractivity contribution in [2.45, 2.75) is 19.4 Å². The molecule has 3 rings (SSSR count). The molecule has 2 aromatic rings. The van der Waals surface area contributed by atoms with Gasteiger partial charge in [-0.25, -0.2) is 0 Å². The van der Waals surface area contributed by atoms with E-state index < -0.39 is 0 Å². The predicted molar refractivity (Wildman–Crippen MR) is 97.3 cm³/mol. The van der Waals surface area contributed by atoms with Crippen LogP contribution < -0.4 is 5.32 Å². The number of hydrogen-bond donors (Lipinski definition) is 1. The summed E-state index contributed by atoms with van der Waals surface area (Å²) >= 11 is 0. The van der Waals surface area contributed by atoms with Crippen LogP contribution >= 0.6 is 0 Å². The number of rotatable bonds is 6. The van der Waals surface area contributed by atoms with Gasteiger partial charge in [0.05, 0.1) is 19.3 Å². The quantitative estimate of drug-likeness (QED) is 0.877. The van der Waals surface area contributed by atoms with Crippen molar-refractivity contribution in [1.29, 1.82) is 0 Å². The number of aryl methyl sites for hydroxylation is 1. The van der Waals surface area contributed by atoms with Gasteiger partial charge in [-0.1, -0.05) is 24.3 Å². The van der Waals surface area contributed by atoms with E-state index in [1.54, 1.807) is 12.4 Å². The maximum Gasteiger partial charge on any atom is 0.222 e. The van der Waals surface area contributed by atoms with E-state index in [9.17, 15) is 4.79 Å². The Hall–Kier alpha value is -2.24. The molecular weight excluding hydrogens is 314 g/mol. The van der Waals surface area contributed by atoms with Crippen LogP contribution in [0, 0.1) is 6.92 Å². The maximum atomic E-state index is 12.6. The van der Waals surface area contributed by atoms with Crippen LogP contribution in [-0.2, 0) is 9.53 Å². The summed E-state index contributed by atoms with van der Waals surface area (Å²) in [5.74, 6) is 0.0663. The fourth-order valence-electron chi connectivity index (χ4n) is 3.12. The summed E-state index contributed by atoms with van der Waals surface area (Å²) in [5, 5.41) is 3.21. The van der Waals surface area contributed by atoms with Crippen LogP contribution in [-0.4, -0.2) is 48.6 Å². The number of carbonyl (C=O) groups excluding carboxylic acids is 1. The Morgan fingerprint density at radius 1 is 1.20 bits per heavy atom. The van der Waals surface area contributed by atoms with Crippen molar-refractivity contribution in [2.75, 3.05) is 32.8 Å². The largest absolute Gasteiger partial charge is 0.379 e. The molecule has 1 aromatic heterocycles. The van der Waals surface area contributed by atoms with Crippen molar-refractivity contribution < 1.29 is 9.53 Å². The molecule has 1 unspecified atom stereocenters.